The van der Waals surface area contributed by atoms with Crippen LogP contribution in [0.25, 0.3) is 0 Å². The van der Waals surface area contributed by atoms with Crippen LogP contribution >= 0.6 is 0 Å². The summed E-state index contributed by atoms with van der Waals surface area (Å²) in [7, 11) is 1.39. The zero-order valence-electron chi connectivity index (χ0n) is 8.59. The summed E-state index contributed by atoms with van der Waals surface area (Å²) in [5.74, 6) is -0.228. The average Bonchev–Trinajstić information content (AvgIpc) is 3.03. The lowest BCUT2D eigenvalue weighted by Gasteiger charge is -1.98. The Labute approximate surface area is 88.7 Å². The maximum Gasteiger partial charge on any atom is 0.309 e. The number of ether oxygens (including phenoxy) is 1. The molecule has 80 valence electrons. The van der Waals surface area contributed by atoms with Gasteiger partial charge in [-0.2, -0.15) is 0 Å². The van der Waals surface area contributed by atoms with Crippen LogP contribution in [0.3, 0.4) is 0 Å². The second kappa shape index (κ2) is 4.03. The van der Waals surface area contributed by atoms with E-state index in [2.05, 4.69) is 0 Å². The van der Waals surface area contributed by atoms with E-state index in [9.17, 15) is 4.79 Å². The molecule has 1 N–H and O–H groups in total. The van der Waals surface area contributed by atoms with Gasteiger partial charge in [-0.3, -0.25) is 4.79 Å². The second-order valence-corrected chi connectivity index (χ2v) is 3.83. The van der Waals surface area contributed by atoms with Crippen molar-refractivity contribution in [2.45, 2.75) is 5.92 Å². The van der Waals surface area contributed by atoms with Gasteiger partial charge in [0.05, 0.1) is 13.0 Å². The van der Waals surface area contributed by atoms with E-state index < -0.39 is 0 Å². The molecular formula is C12H14O3. The molecule has 0 heterocycles. The largest absolute Gasteiger partial charge is 0.469 e. The monoisotopic (exact) mass is 206 g/mol. The number of carbonyl (C=O) groups is 1. The topological polar surface area (TPSA) is 46.5 Å². The van der Waals surface area contributed by atoms with E-state index in [4.69, 9.17) is 9.84 Å². The number of esters is 1. The summed E-state index contributed by atoms with van der Waals surface area (Å²) < 4.78 is 4.71. The Balaban J connectivity index is 2.15. The Kier molecular flexibility index (Phi) is 2.73. The number of aliphatic hydroxyl groups is 1. The molecule has 15 heavy (non-hydrogen) atoms. The Morgan fingerprint density at radius 1 is 1.40 bits per heavy atom. The van der Waals surface area contributed by atoms with Crippen molar-refractivity contribution in [1.82, 2.24) is 0 Å². The molecule has 1 aromatic rings. The summed E-state index contributed by atoms with van der Waals surface area (Å²) in [5.41, 5.74) is 1.10. The predicted molar refractivity (Wildman–Crippen MR) is 55.3 cm³/mol. The van der Waals surface area contributed by atoms with E-state index in [1.165, 1.54) is 7.11 Å². The molecule has 0 aromatic heterocycles. The fourth-order valence-electron chi connectivity index (χ4n) is 2.19. The molecule has 0 aliphatic heterocycles. The van der Waals surface area contributed by atoms with Gasteiger partial charge >= 0.3 is 5.97 Å². The Hall–Kier alpha value is -1.35. The molecule has 0 saturated heterocycles. The van der Waals surface area contributed by atoms with Crippen molar-refractivity contribution >= 4 is 5.97 Å². The molecule has 0 amide bonds. The van der Waals surface area contributed by atoms with Gasteiger partial charge in [-0.1, -0.05) is 30.3 Å². The van der Waals surface area contributed by atoms with Gasteiger partial charge in [0.15, 0.2) is 0 Å². The van der Waals surface area contributed by atoms with E-state index >= 15 is 0 Å². The highest BCUT2D eigenvalue weighted by molar-refractivity contribution is 5.78. The van der Waals surface area contributed by atoms with Gasteiger partial charge in [0.25, 0.3) is 0 Å². The van der Waals surface area contributed by atoms with Crippen LogP contribution in [-0.2, 0) is 9.53 Å². The molecule has 0 radical (unpaired) electrons. The van der Waals surface area contributed by atoms with Crippen LogP contribution in [0.5, 0.6) is 0 Å². The van der Waals surface area contributed by atoms with Crippen molar-refractivity contribution in [2.24, 2.45) is 11.8 Å². The lowest BCUT2D eigenvalue weighted by Crippen LogP contribution is -2.06. The van der Waals surface area contributed by atoms with Crippen molar-refractivity contribution in [3.8, 4) is 0 Å². The normalized spacial score (nSPS) is 28.5. The molecule has 1 aromatic carbocycles. The van der Waals surface area contributed by atoms with Crippen molar-refractivity contribution < 1.29 is 14.6 Å². The molecule has 3 nitrogen and oxygen atoms in total. The molecule has 0 bridgehead atoms. The minimum Gasteiger partial charge on any atom is -0.469 e. The van der Waals surface area contributed by atoms with Crippen LogP contribution in [-0.4, -0.2) is 24.8 Å². The number of aliphatic hydroxyl groups excluding tert-OH is 1. The van der Waals surface area contributed by atoms with Crippen LogP contribution in [0.15, 0.2) is 30.3 Å². The maximum absolute atomic E-state index is 11.4. The number of benzene rings is 1. The van der Waals surface area contributed by atoms with Crippen molar-refractivity contribution in [3.63, 3.8) is 0 Å². The molecule has 1 saturated carbocycles. The quantitative estimate of drug-likeness (QED) is 0.755. The first-order valence-electron chi connectivity index (χ1n) is 5.03. The molecule has 1 aliphatic rings. The Morgan fingerprint density at radius 2 is 2.07 bits per heavy atom. The highest BCUT2D eigenvalue weighted by atomic mass is 16.5. The summed E-state index contributed by atoms with van der Waals surface area (Å²) in [4.78, 5) is 11.4. The molecule has 0 unspecified atom stereocenters. The summed E-state index contributed by atoms with van der Waals surface area (Å²) >= 11 is 0. The molecular weight excluding hydrogens is 192 g/mol. The molecule has 0 spiro atoms. The molecule has 2 rings (SSSR count). The molecule has 1 aliphatic carbocycles. The van der Waals surface area contributed by atoms with Crippen molar-refractivity contribution in [3.05, 3.63) is 35.9 Å². The zero-order chi connectivity index (χ0) is 10.8. The van der Waals surface area contributed by atoms with Crippen LogP contribution in [0.1, 0.15) is 11.5 Å². The van der Waals surface area contributed by atoms with Crippen LogP contribution < -0.4 is 0 Å². The smallest absolute Gasteiger partial charge is 0.309 e. The van der Waals surface area contributed by atoms with Gasteiger partial charge < -0.3 is 9.84 Å². The van der Waals surface area contributed by atoms with Crippen LogP contribution in [0.2, 0.25) is 0 Å². The fraction of sp³-hybridized carbons (Fsp3) is 0.417. The van der Waals surface area contributed by atoms with E-state index in [1.54, 1.807) is 0 Å². The standard InChI is InChI=1S/C12H14O3/c1-15-12(14)11-9(7-13)10(11)8-5-3-2-4-6-8/h2-6,9-11,13H,7H2,1H3/t9-,10+,11-/m1/s1. The van der Waals surface area contributed by atoms with Gasteiger partial charge in [0.2, 0.25) is 0 Å². The molecule has 3 atom stereocenters. The van der Waals surface area contributed by atoms with Crippen molar-refractivity contribution in [1.29, 1.82) is 0 Å². The third kappa shape index (κ3) is 1.75. The fourth-order valence-corrected chi connectivity index (χ4v) is 2.19. The summed E-state index contributed by atoms with van der Waals surface area (Å²) in [6.45, 7) is 0.0410. The van der Waals surface area contributed by atoms with E-state index in [0.29, 0.717) is 0 Å². The first kappa shape index (κ1) is 10.2. The average molecular weight is 206 g/mol. The third-order valence-corrected chi connectivity index (χ3v) is 3.04. The summed E-state index contributed by atoms with van der Waals surface area (Å²) in [6.07, 6.45) is 0. The Morgan fingerprint density at radius 3 is 2.60 bits per heavy atom. The number of rotatable bonds is 3. The predicted octanol–water partition coefficient (Wildman–Crippen LogP) is 1.18. The summed E-state index contributed by atoms with van der Waals surface area (Å²) in [5, 5.41) is 9.14. The SMILES string of the molecule is COC(=O)[C@@H]1[C@H](CO)[C@@H]1c1ccccc1. The highest BCUT2D eigenvalue weighted by Gasteiger charge is 2.55. The van der Waals surface area contributed by atoms with Gasteiger partial charge in [-0.05, 0) is 5.56 Å². The van der Waals surface area contributed by atoms with E-state index in [-0.39, 0.29) is 30.3 Å². The first-order chi connectivity index (χ1) is 7.29. The van der Waals surface area contributed by atoms with Crippen LogP contribution in [0.4, 0.5) is 0 Å². The zero-order valence-corrected chi connectivity index (χ0v) is 8.59. The van der Waals surface area contributed by atoms with Crippen molar-refractivity contribution in [2.75, 3.05) is 13.7 Å². The third-order valence-electron chi connectivity index (χ3n) is 3.04. The number of hydrogen-bond acceptors (Lipinski definition) is 3. The lowest BCUT2D eigenvalue weighted by molar-refractivity contribution is -0.142. The van der Waals surface area contributed by atoms with E-state index in [0.717, 1.165) is 5.56 Å². The minimum absolute atomic E-state index is 0.0276. The number of carbonyl (C=O) groups excluding carboxylic acids is 1. The lowest BCUT2D eigenvalue weighted by atomic mass is 10.1. The Bertz CT molecular complexity index is 347. The summed E-state index contributed by atoms with van der Waals surface area (Å²) in [6, 6.07) is 9.78. The van der Waals surface area contributed by atoms with Gasteiger partial charge in [-0.25, -0.2) is 0 Å². The van der Waals surface area contributed by atoms with Crippen LogP contribution in [0, 0.1) is 11.8 Å². The second-order valence-electron chi connectivity index (χ2n) is 3.83. The van der Waals surface area contributed by atoms with Gasteiger partial charge in [0.1, 0.15) is 0 Å². The number of hydrogen-bond donors (Lipinski definition) is 1. The first-order valence-corrected chi connectivity index (χ1v) is 5.03. The molecule has 1 fully saturated rings. The maximum atomic E-state index is 11.4. The van der Waals surface area contributed by atoms with Gasteiger partial charge in [0, 0.05) is 18.4 Å². The number of methoxy groups -OCH3 is 1. The van der Waals surface area contributed by atoms with E-state index in [1.807, 2.05) is 30.3 Å². The highest BCUT2D eigenvalue weighted by Crippen LogP contribution is 2.54. The van der Waals surface area contributed by atoms with Gasteiger partial charge in [-0.15, -0.1) is 0 Å². The molecule has 3 heteroatoms. The minimum atomic E-state index is -0.220.